The number of aliphatic imine (C=N–C) groups is 1. The summed E-state index contributed by atoms with van der Waals surface area (Å²) in [6.45, 7) is 0. The second kappa shape index (κ2) is 8.39. The van der Waals surface area contributed by atoms with Gasteiger partial charge in [0.25, 0.3) is 5.91 Å². The molecule has 5 nitrogen and oxygen atoms in total. The first-order chi connectivity index (χ1) is 15.0. The highest BCUT2D eigenvalue weighted by atomic mass is 19.1. The second-order valence-corrected chi connectivity index (χ2v) is 6.70. The molecule has 0 unspecified atom stereocenters. The van der Waals surface area contributed by atoms with Gasteiger partial charge < -0.3 is 9.47 Å². The average molecular weight is 420 g/mol. The van der Waals surface area contributed by atoms with Crippen molar-refractivity contribution in [2.24, 2.45) is 4.99 Å². The van der Waals surface area contributed by atoms with Crippen LogP contribution < -0.4 is 14.4 Å². The molecule has 1 amide bonds. The summed E-state index contributed by atoms with van der Waals surface area (Å²) in [6.07, 6.45) is 1.62. The predicted octanol–water partition coefficient (Wildman–Crippen LogP) is 4.82. The number of hydrogen-bond donors (Lipinski definition) is 0. The third-order valence-corrected chi connectivity index (χ3v) is 4.76. The van der Waals surface area contributed by atoms with Gasteiger partial charge in [-0.25, -0.2) is 13.8 Å². The van der Waals surface area contributed by atoms with Crippen LogP contribution in [0.2, 0.25) is 0 Å². The smallest absolute Gasteiger partial charge is 0.282 e. The Balaban J connectivity index is 1.80. The molecule has 3 aromatic rings. The number of carbonyl (C=O) groups excluding carboxylic acids is 1. The summed E-state index contributed by atoms with van der Waals surface area (Å²) in [5.74, 6) is 0.190. The van der Waals surface area contributed by atoms with Crippen LogP contribution in [0.5, 0.6) is 11.5 Å². The van der Waals surface area contributed by atoms with E-state index in [1.165, 1.54) is 67.7 Å². The molecule has 0 spiro atoms. The number of ether oxygens (including phenoxy) is 2. The molecule has 1 heterocycles. The van der Waals surface area contributed by atoms with E-state index in [-0.39, 0.29) is 11.6 Å². The molecular weight excluding hydrogens is 402 g/mol. The summed E-state index contributed by atoms with van der Waals surface area (Å²) >= 11 is 0. The fourth-order valence-electron chi connectivity index (χ4n) is 3.24. The summed E-state index contributed by atoms with van der Waals surface area (Å²) in [7, 11) is 3.06. The van der Waals surface area contributed by atoms with E-state index in [2.05, 4.69) is 4.99 Å². The third kappa shape index (κ3) is 4.02. The van der Waals surface area contributed by atoms with Crippen molar-refractivity contribution < 1.29 is 23.0 Å². The van der Waals surface area contributed by atoms with Crippen LogP contribution in [0.1, 0.15) is 11.1 Å². The molecule has 0 aliphatic carbocycles. The van der Waals surface area contributed by atoms with Crippen LogP contribution in [0.25, 0.3) is 6.08 Å². The molecule has 1 aliphatic heterocycles. The Kier molecular flexibility index (Phi) is 5.49. The molecule has 3 aromatic carbocycles. The van der Waals surface area contributed by atoms with Crippen molar-refractivity contribution in [2.45, 2.75) is 0 Å². The van der Waals surface area contributed by atoms with Gasteiger partial charge in [0.05, 0.1) is 19.9 Å². The van der Waals surface area contributed by atoms with Crippen LogP contribution in [0.4, 0.5) is 14.5 Å². The summed E-state index contributed by atoms with van der Waals surface area (Å²) < 4.78 is 37.4. The average Bonchev–Trinajstić information content (AvgIpc) is 3.10. The Labute approximate surface area is 177 Å². The van der Waals surface area contributed by atoms with Crippen molar-refractivity contribution in [3.05, 3.63) is 95.2 Å². The maximum atomic E-state index is 13.4. The Hall–Kier alpha value is -4.00. The van der Waals surface area contributed by atoms with E-state index < -0.39 is 11.6 Å². The molecule has 7 heteroatoms. The highest BCUT2D eigenvalue weighted by Gasteiger charge is 2.32. The van der Waals surface area contributed by atoms with Gasteiger partial charge in [-0.05, 0) is 72.3 Å². The van der Waals surface area contributed by atoms with Crippen molar-refractivity contribution in [3.63, 3.8) is 0 Å². The highest BCUT2D eigenvalue weighted by molar-refractivity contribution is 6.33. The fourth-order valence-corrected chi connectivity index (χ4v) is 3.24. The SMILES string of the molecule is COc1ccc(/C=C2/N=C(c3ccc(F)cc3)N(c3ccc(F)cc3)C2=O)cc1OC. The number of anilines is 1. The van der Waals surface area contributed by atoms with Crippen LogP contribution >= 0.6 is 0 Å². The van der Waals surface area contributed by atoms with E-state index in [9.17, 15) is 13.6 Å². The van der Waals surface area contributed by atoms with Crippen LogP contribution in [-0.4, -0.2) is 26.0 Å². The van der Waals surface area contributed by atoms with Gasteiger partial charge in [-0.3, -0.25) is 9.69 Å². The van der Waals surface area contributed by atoms with E-state index in [0.717, 1.165) is 0 Å². The maximum Gasteiger partial charge on any atom is 0.282 e. The number of amides is 1. The Morgan fingerprint density at radius 3 is 2.06 bits per heavy atom. The summed E-state index contributed by atoms with van der Waals surface area (Å²) in [6, 6.07) is 16.4. The first-order valence-electron chi connectivity index (χ1n) is 9.38. The molecule has 0 radical (unpaired) electrons. The molecule has 31 heavy (non-hydrogen) atoms. The van der Waals surface area contributed by atoms with E-state index >= 15 is 0 Å². The lowest BCUT2D eigenvalue weighted by atomic mass is 10.1. The normalized spacial score (nSPS) is 14.7. The van der Waals surface area contributed by atoms with E-state index in [1.54, 1.807) is 24.3 Å². The van der Waals surface area contributed by atoms with Gasteiger partial charge in [0.1, 0.15) is 23.2 Å². The molecule has 156 valence electrons. The zero-order chi connectivity index (χ0) is 22.0. The van der Waals surface area contributed by atoms with Crippen molar-refractivity contribution in [1.82, 2.24) is 0 Å². The third-order valence-electron chi connectivity index (χ3n) is 4.76. The molecule has 0 N–H and O–H groups in total. The van der Waals surface area contributed by atoms with Gasteiger partial charge in [-0.2, -0.15) is 0 Å². The molecule has 0 fully saturated rings. The van der Waals surface area contributed by atoms with Crippen LogP contribution in [0, 0.1) is 11.6 Å². The number of halogens is 2. The Morgan fingerprint density at radius 1 is 0.839 bits per heavy atom. The monoisotopic (exact) mass is 420 g/mol. The van der Waals surface area contributed by atoms with Gasteiger partial charge in [-0.1, -0.05) is 6.07 Å². The second-order valence-electron chi connectivity index (χ2n) is 6.70. The lowest BCUT2D eigenvalue weighted by Crippen LogP contribution is -2.32. The first kappa shape index (κ1) is 20.3. The maximum absolute atomic E-state index is 13.4. The number of methoxy groups -OCH3 is 2. The summed E-state index contributed by atoms with van der Waals surface area (Å²) in [5, 5.41) is 0. The zero-order valence-corrected chi connectivity index (χ0v) is 16.8. The zero-order valence-electron chi connectivity index (χ0n) is 16.8. The minimum absolute atomic E-state index is 0.177. The largest absolute Gasteiger partial charge is 0.493 e. The van der Waals surface area contributed by atoms with Gasteiger partial charge in [0, 0.05) is 5.56 Å². The van der Waals surface area contributed by atoms with Crippen molar-refractivity contribution in [2.75, 3.05) is 19.1 Å². The molecule has 1 aliphatic rings. The van der Waals surface area contributed by atoms with Crippen LogP contribution in [-0.2, 0) is 4.79 Å². The quantitative estimate of drug-likeness (QED) is 0.557. The van der Waals surface area contributed by atoms with Gasteiger partial charge >= 0.3 is 0 Å². The molecule has 4 rings (SSSR count). The fraction of sp³-hybridized carbons (Fsp3) is 0.0833. The van der Waals surface area contributed by atoms with E-state index in [0.29, 0.717) is 34.1 Å². The number of carbonyl (C=O) groups is 1. The van der Waals surface area contributed by atoms with E-state index in [1.807, 2.05) is 0 Å². The summed E-state index contributed by atoms with van der Waals surface area (Å²) in [5.41, 5.74) is 1.86. The molecule has 0 atom stereocenters. The molecule has 0 aromatic heterocycles. The van der Waals surface area contributed by atoms with Crippen molar-refractivity contribution in [1.29, 1.82) is 0 Å². The number of rotatable bonds is 5. The Morgan fingerprint density at radius 2 is 1.45 bits per heavy atom. The highest BCUT2D eigenvalue weighted by Crippen LogP contribution is 2.31. The summed E-state index contributed by atoms with van der Waals surface area (Å²) in [4.78, 5) is 19.1. The standard InChI is InChI=1S/C24H18F2N2O3/c1-30-21-12-3-15(14-22(21)31-2)13-20-24(29)28(19-10-8-18(26)9-11-19)23(27-20)16-4-6-17(25)7-5-16/h3-14H,1-2H3/b20-13+. The number of nitrogens with zero attached hydrogens (tertiary/aromatic N) is 2. The van der Waals surface area contributed by atoms with Gasteiger partial charge in [-0.15, -0.1) is 0 Å². The van der Waals surface area contributed by atoms with Gasteiger partial charge in [0.15, 0.2) is 11.5 Å². The number of amidine groups is 1. The minimum Gasteiger partial charge on any atom is -0.493 e. The number of benzene rings is 3. The van der Waals surface area contributed by atoms with Crippen LogP contribution in [0.15, 0.2) is 77.4 Å². The lowest BCUT2D eigenvalue weighted by molar-refractivity contribution is -0.113. The molecule has 0 saturated heterocycles. The predicted molar refractivity (Wildman–Crippen MR) is 114 cm³/mol. The van der Waals surface area contributed by atoms with Crippen molar-refractivity contribution in [3.8, 4) is 11.5 Å². The topological polar surface area (TPSA) is 51.1 Å². The van der Waals surface area contributed by atoms with Crippen LogP contribution in [0.3, 0.4) is 0 Å². The Bertz CT molecular complexity index is 1190. The first-order valence-corrected chi connectivity index (χ1v) is 9.38. The van der Waals surface area contributed by atoms with Crippen molar-refractivity contribution >= 4 is 23.5 Å². The lowest BCUT2D eigenvalue weighted by Gasteiger charge is -2.18. The minimum atomic E-state index is -0.420. The molecule has 0 bridgehead atoms. The van der Waals surface area contributed by atoms with E-state index in [4.69, 9.17) is 9.47 Å². The number of hydrogen-bond acceptors (Lipinski definition) is 4. The molecule has 0 saturated carbocycles. The van der Waals surface area contributed by atoms with Gasteiger partial charge in [0.2, 0.25) is 0 Å². The molecular formula is C24H18F2N2O3.